The maximum Gasteiger partial charge on any atom is 0.251 e. The Labute approximate surface area is 95.8 Å². The molecule has 1 rings (SSSR count). The molecule has 0 bridgehead atoms. The van der Waals surface area contributed by atoms with Gasteiger partial charge in [0.25, 0.3) is 5.91 Å². The zero-order valence-corrected chi connectivity index (χ0v) is 9.91. The van der Waals surface area contributed by atoms with Crippen LogP contribution in [0.25, 0.3) is 0 Å². The molecule has 4 nitrogen and oxygen atoms in total. The first-order valence-electron chi connectivity index (χ1n) is 5.13. The number of anilines is 1. The summed E-state index contributed by atoms with van der Waals surface area (Å²) in [4.78, 5) is 11.7. The molecule has 1 amide bonds. The van der Waals surface area contributed by atoms with Crippen LogP contribution >= 0.6 is 0 Å². The molecule has 0 spiro atoms. The van der Waals surface area contributed by atoms with E-state index in [2.05, 4.69) is 5.32 Å². The Morgan fingerprint density at radius 1 is 1.38 bits per heavy atom. The average Bonchev–Trinajstić information content (AvgIpc) is 2.27. The maximum absolute atomic E-state index is 11.7. The second kappa shape index (κ2) is 4.99. The van der Waals surface area contributed by atoms with Gasteiger partial charge >= 0.3 is 0 Å². The molecule has 0 saturated heterocycles. The van der Waals surface area contributed by atoms with E-state index in [1.165, 1.54) is 0 Å². The summed E-state index contributed by atoms with van der Waals surface area (Å²) in [7, 11) is 1.62. The number of methoxy groups -OCH3 is 1. The second-order valence-corrected chi connectivity index (χ2v) is 4.27. The first kappa shape index (κ1) is 12.5. The summed E-state index contributed by atoms with van der Waals surface area (Å²) in [6.45, 7) is 4.29. The van der Waals surface area contributed by atoms with Crippen molar-refractivity contribution in [2.45, 2.75) is 19.4 Å². The van der Waals surface area contributed by atoms with Crippen molar-refractivity contribution < 1.29 is 9.53 Å². The molecule has 3 N–H and O–H groups in total. The molecule has 0 aliphatic heterocycles. The second-order valence-electron chi connectivity index (χ2n) is 4.27. The van der Waals surface area contributed by atoms with Crippen LogP contribution in [0.1, 0.15) is 24.2 Å². The van der Waals surface area contributed by atoms with Gasteiger partial charge in [-0.2, -0.15) is 0 Å². The van der Waals surface area contributed by atoms with Gasteiger partial charge in [-0.1, -0.05) is 0 Å². The van der Waals surface area contributed by atoms with Crippen LogP contribution < -0.4 is 11.1 Å². The molecule has 0 radical (unpaired) electrons. The highest BCUT2D eigenvalue weighted by molar-refractivity contribution is 5.94. The predicted octanol–water partition coefficient (Wildman–Crippen LogP) is 1.42. The van der Waals surface area contributed by atoms with Gasteiger partial charge in [0.05, 0.1) is 5.60 Å². The molecule has 88 valence electrons. The van der Waals surface area contributed by atoms with Gasteiger partial charge < -0.3 is 15.8 Å². The number of nitrogen functional groups attached to an aromatic ring is 1. The molecule has 0 fully saturated rings. The Morgan fingerprint density at radius 2 is 1.94 bits per heavy atom. The van der Waals surface area contributed by atoms with Gasteiger partial charge in [-0.3, -0.25) is 4.79 Å². The summed E-state index contributed by atoms with van der Waals surface area (Å²) in [6, 6.07) is 6.81. The van der Waals surface area contributed by atoms with Crippen molar-refractivity contribution in [3.05, 3.63) is 29.8 Å². The van der Waals surface area contributed by atoms with E-state index in [4.69, 9.17) is 10.5 Å². The Bertz CT molecular complexity index is 358. The smallest absolute Gasteiger partial charge is 0.251 e. The lowest BCUT2D eigenvalue weighted by Gasteiger charge is -2.23. The number of nitrogens with two attached hydrogens (primary N) is 1. The van der Waals surface area contributed by atoms with Gasteiger partial charge in [0.2, 0.25) is 0 Å². The van der Waals surface area contributed by atoms with E-state index in [-0.39, 0.29) is 11.5 Å². The molecule has 4 heteroatoms. The minimum absolute atomic E-state index is 0.120. The molecule has 0 aliphatic carbocycles. The van der Waals surface area contributed by atoms with Crippen molar-refractivity contribution in [1.29, 1.82) is 0 Å². The summed E-state index contributed by atoms with van der Waals surface area (Å²) in [5.41, 5.74) is 6.43. The van der Waals surface area contributed by atoms with Crippen LogP contribution in [0, 0.1) is 0 Å². The van der Waals surface area contributed by atoms with Gasteiger partial charge in [-0.15, -0.1) is 0 Å². The van der Waals surface area contributed by atoms with Crippen molar-refractivity contribution in [1.82, 2.24) is 5.32 Å². The van der Waals surface area contributed by atoms with E-state index >= 15 is 0 Å². The molecule has 0 aliphatic rings. The SMILES string of the molecule is COC(C)(C)CNC(=O)c1ccc(N)cc1. The summed E-state index contributed by atoms with van der Waals surface area (Å²) in [5.74, 6) is -0.120. The molecule has 0 unspecified atom stereocenters. The normalized spacial score (nSPS) is 11.2. The number of carbonyl (C=O) groups is 1. The number of rotatable bonds is 4. The standard InChI is InChI=1S/C12H18N2O2/c1-12(2,16-3)8-14-11(15)9-4-6-10(13)7-5-9/h4-7H,8,13H2,1-3H3,(H,14,15). The summed E-state index contributed by atoms with van der Waals surface area (Å²) >= 11 is 0. The van der Waals surface area contributed by atoms with E-state index in [0.717, 1.165) is 0 Å². The number of carbonyl (C=O) groups excluding carboxylic acids is 1. The average molecular weight is 222 g/mol. The molecular weight excluding hydrogens is 204 g/mol. The largest absolute Gasteiger partial charge is 0.399 e. The summed E-state index contributed by atoms with van der Waals surface area (Å²) in [6.07, 6.45) is 0. The fourth-order valence-electron chi connectivity index (χ4n) is 1.10. The maximum atomic E-state index is 11.7. The highest BCUT2D eigenvalue weighted by Gasteiger charge is 2.17. The molecule has 0 heterocycles. The van der Waals surface area contributed by atoms with E-state index in [0.29, 0.717) is 17.8 Å². The van der Waals surface area contributed by atoms with Gasteiger partial charge in [0.15, 0.2) is 0 Å². The zero-order valence-electron chi connectivity index (χ0n) is 9.91. The Morgan fingerprint density at radius 3 is 2.44 bits per heavy atom. The molecular formula is C12H18N2O2. The Kier molecular flexibility index (Phi) is 3.90. The fourth-order valence-corrected chi connectivity index (χ4v) is 1.10. The summed E-state index contributed by atoms with van der Waals surface area (Å²) < 4.78 is 5.21. The van der Waals surface area contributed by atoms with Crippen LogP contribution in [0.5, 0.6) is 0 Å². The molecule has 0 atom stereocenters. The number of ether oxygens (including phenoxy) is 1. The molecule has 1 aromatic carbocycles. The van der Waals surface area contributed by atoms with Crippen molar-refractivity contribution in [3.63, 3.8) is 0 Å². The Balaban J connectivity index is 2.56. The third kappa shape index (κ3) is 3.55. The number of amides is 1. The van der Waals surface area contributed by atoms with Gasteiger partial charge in [0.1, 0.15) is 0 Å². The lowest BCUT2D eigenvalue weighted by atomic mass is 10.1. The van der Waals surface area contributed by atoms with E-state index in [9.17, 15) is 4.79 Å². The van der Waals surface area contributed by atoms with E-state index < -0.39 is 0 Å². The third-order valence-corrected chi connectivity index (χ3v) is 2.40. The predicted molar refractivity (Wildman–Crippen MR) is 64.3 cm³/mol. The van der Waals surface area contributed by atoms with Crippen LogP contribution in [0.4, 0.5) is 5.69 Å². The number of benzene rings is 1. The van der Waals surface area contributed by atoms with E-state index in [1.54, 1.807) is 31.4 Å². The number of nitrogens with one attached hydrogen (secondary N) is 1. The van der Waals surface area contributed by atoms with Gasteiger partial charge in [0, 0.05) is 24.9 Å². The lowest BCUT2D eigenvalue weighted by molar-refractivity contribution is 0.0229. The molecule has 0 aromatic heterocycles. The van der Waals surface area contributed by atoms with Crippen LogP contribution in [0.3, 0.4) is 0 Å². The van der Waals surface area contributed by atoms with Crippen LogP contribution in [-0.2, 0) is 4.74 Å². The highest BCUT2D eigenvalue weighted by atomic mass is 16.5. The monoisotopic (exact) mass is 222 g/mol. The quantitative estimate of drug-likeness (QED) is 0.757. The zero-order chi connectivity index (χ0) is 12.2. The van der Waals surface area contributed by atoms with Gasteiger partial charge in [-0.25, -0.2) is 0 Å². The van der Waals surface area contributed by atoms with Crippen molar-refractivity contribution in [2.75, 3.05) is 19.4 Å². The number of hydrogen-bond acceptors (Lipinski definition) is 3. The van der Waals surface area contributed by atoms with Crippen LogP contribution in [0.15, 0.2) is 24.3 Å². The van der Waals surface area contributed by atoms with Crippen LogP contribution in [-0.4, -0.2) is 25.2 Å². The topological polar surface area (TPSA) is 64.3 Å². The van der Waals surface area contributed by atoms with Crippen molar-refractivity contribution in [2.24, 2.45) is 0 Å². The first-order valence-corrected chi connectivity index (χ1v) is 5.13. The van der Waals surface area contributed by atoms with Crippen molar-refractivity contribution in [3.8, 4) is 0 Å². The third-order valence-electron chi connectivity index (χ3n) is 2.40. The Hall–Kier alpha value is -1.55. The molecule has 0 saturated carbocycles. The van der Waals surface area contributed by atoms with E-state index in [1.807, 2.05) is 13.8 Å². The minimum Gasteiger partial charge on any atom is -0.399 e. The fraction of sp³-hybridized carbons (Fsp3) is 0.417. The summed E-state index contributed by atoms with van der Waals surface area (Å²) in [5, 5.41) is 2.80. The lowest BCUT2D eigenvalue weighted by Crippen LogP contribution is -2.39. The number of hydrogen-bond donors (Lipinski definition) is 2. The van der Waals surface area contributed by atoms with Gasteiger partial charge in [-0.05, 0) is 38.1 Å². The first-order chi connectivity index (χ1) is 7.44. The van der Waals surface area contributed by atoms with Crippen LogP contribution in [0.2, 0.25) is 0 Å². The molecule has 1 aromatic rings. The minimum atomic E-state index is -0.358. The highest BCUT2D eigenvalue weighted by Crippen LogP contribution is 2.07. The van der Waals surface area contributed by atoms with Crippen molar-refractivity contribution >= 4 is 11.6 Å². The molecule has 16 heavy (non-hydrogen) atoms.